The summed E-state index contributed by atoms with van der Waals surface area (Å²) in [7, 11) is 2.05. The van der Waals surface area contributed by atoms with Gasteiger partial charge in [0.25, 0.3) is 0 Å². The van der Waals surface area contributed by atoms with Crippen LogP contribution < -0.4 is 0 Å². The Hall–Kier alpha value is -0.970. The van der Waals surface area contributed by atoms with E-state index in [0.29, 0.717) is 0 Å². The van der Waals surface area contributed by atoms with E-state index in [0.717, 1.165) is 26.2 Å². The van der Waals surface area contributed by atoms with Crippen molar-refractivity contribution in [3.63, 3.8) is 0 Å². The standard InChI is InChI=1S/C13H16ClFN2O/c1-16-5-7-17(8-6-16)9-12(18)13-10(14)3-2-4-11(13)15/h2-4H,5-9H2,1H3. The van der Waals surface area contributed by atoms with Crippen molar-refractivity contribution in [1.82, 2.24) is 9.80 Å². The van der Waals surface area contributed by atoms with Crippen LogP contribution in [0.3, 0.4) is 0 Å². The molecular weight excluding hydrogens is 255 g/mol. The van der Waals surface area contributed by atoms with E-state index in [-0.39, 0.29) is 22.9 Å². The molecule has 0 saturated carbocycles. The quantitative estimate of drug-likeness (QED) is 0.784. The van der Waals surface area contributed by atoms with E-state index in [1.165, 1.54) is 12.1 Å². The lowest BCUT2D eigenvalue weighted by molar-refractivity contribution is 0.0872. The summed E-state index contributed by atoms with van der Waals surface area (Å²) in [5.74, 6) is -0.788. The molecule has 0 unspecified atom stereocenters. The number of Topliss-reactive ketones (excluding diaryl/α,β-unsaturated/α-hetero) is 1. The van der Waals surface area contributed by atoms with Gasteiger partial charge in [0.2, 0.25) is 0 Å². The third-order valence-corrected chi connectivity index (χ3v) is 3.52. The van der Waals surface area contributed by atoms with Crippen LogP contribution in [0.1, 0.15) is 10.4 Å². The minimum Gasteiger partial charge on any atom is -0.304 e. The topological polar surface area (TPSA) is 23.6 Å². The third kappa shape index (κ3) is 3.07. The summed E-state index contributed by atoms with van der Waals surface area (Å²) in [6.45, 7) is 3.74. The van der Waals surface area contributed by atoms with Gasteiger partial charge in [0.05, 0.1) is 17.1 Å². The first-order valence-corrected chi connectivity index (χ1v) is 6.34. The van der Waals surface area contributed by atoms with E-state index in [9.17, 15) is 9.18 Å². The summed E-state index contributed by atoms with van der Waals surface area (Å²) in [6.07, 6.45) is 0. The lowest BCUT2D eigenvalue weighted by Gasteiger charge is -2.31. The van der Waals surface area contributed by atoms with Gasteiger partial charge in [-0.2, -0.15) is 0 Å². The number of hydrogen-bond acceptors (Lipinski definition) is 3. The second-order valence-electron chi connectivity index (χ2n) is 4.60. The zero-order valence-corrected chi connectivity index (χ0v) is 11.1. The number of ketones is 1. The molecule has 0 aromatic heterocycles. The van der Waals surface area contributed by atoms with Crippen molar-refractivity contribution >= 4 is 17.4 Å². The lowest BCUT2D eigenvalue weighted by Crippen LogP contribution is -2.46. The smallest absolute Gasteiger partial charge is 0.181 e. The van der Waals surface area contributed by atoms with E-state index in [1.54, 1.807) is 6.07 Å². The van der Waals surface area contributed by atoms with Crippen molar-refractivity contribution in [2.24, 2.45) is 0 Å². The van der Waals surface area contributed by atoms with Crippen LogP contribution in [0.25, 0.3) is 0 Å². The Balaban J connectivity index is 2.04. The number of hydrogen-bond donors (Lipinski definition) is 0. The molecule has 1 heterocycles. The monoisotopic (exact) mass is 270 g/mol. The molecule has 0 radical (unpaired) electrons. The summed E-state index contributed by atoms with van der Waals surface area (Å²) >= 11 is 5.88. The Morgan fingerprint density at radius 3 is 2.61 bits per heavy atom. The fourth-order valence-electron chi connectivity index (χ4n) is 2.05. The average Bonchev–Trinajstić information content (AvgIpc) is 2.32. The number of likely N-dealkylation sites (N-methyl/N-ethyl adjacent to an activating group) is 1. The highest BCUT2D eigenvalue weighted by Crippen LogP contribution is 2.20. The van der Waals surface area contributed by atoms with Gasteiger partial charge in [0, 0.05) is 26.2 Å². The van der Waals surface area contributed by atoms with Gasteiger partial charge in [-0.05, 0) is 19.2 Å². The Labute approximate surface area is 111 Å². The molecule has 0 aliphatic carbocycles. The van der Waals surface area contributed by atoms with Crippen LogP contribution >= 0.6 is 11.6 Å². The van der Waals surface area contributed by atoms with Crippen LogP contribution in [0.5, 0.6) is 0 Å². The van der Waals surface area contributed by atoms with Crippen LogP contribution in [0, 0.1) is 5.82 Å². The minimum absolute atomic E-state index is 0.0121. The van der Waals surface area contributed by atoms with Gasteiger partial charge < -0.3 is 4.90 Å². The lowest BCUT2D eigenvalue weighted by atomic mass is 10.1. The maximum Gasteiger partial charge on any atom is 0.181 e. The van der Waals surface area contributed by atoms with Crippen LogP contribution in [0.4, 0.5) is 4.39 Å². The van der Waals surface area contributed by atoms with Crippen molar-refractivity contribution in [3.8, 4) is 0 Å². The Bertz CT molecular complexity index is 424. The number of carbonyl (C=O) groups excluding carboxylic acids is 1. The highest BCUT2D eigenvalue weighted by molar-refractivity contribution is 6.34. The number of carbonyl (C=O) groups is 1. The molecule has 1 saturated heterocycles. The molecule has 0 atom stereocenters. The van der Waals surface area contributed by atoms with Gasteiger partial charge >= 0.3 is 0 Å². The van der Waals surface area contributed by atoms with Gasteiger partial charge in [-0.25, -0.2) is 4.39 Å². The molecule has 0 amide bonds. The highest BCUT2D eigenvalue weighted by atomic mass is 35.5. The van der Waals surface area contributed by atoms with Crippen LogP contribution in [-0.2, 0) is 0 Å². The fourth-order valence-corrected chi connectivity index (χ4v) is 2.32. The maximum atomic E-state index is 13.6. The van der Waals surface area contributed by atoms with Crippen LogP contribution in [0.15, 0.2) is 18.2 Å². The van der Waals surface area contributed by atoms with E-state index in [4.69, 9.17) is 11.6 Å². The Kier molecular flexibility index (Phi) is 4.32. The largest absolute Gasteiger partial charge is 0.304 e. The van der Waals surface area contributed by atoms with Crippen molar-refractivity contribution in [1.29, 1.82) is 0 Å². The summed E-state index contributed by atoms with van der Waals surface area (Å²) in [4.78, 5) is 16.3. The first-order chi connectivity index (χ1) is 8.58. The fraction of sp³-hybridized carbons (Fsp3) is 0.462. The predicted molar refractivity (Wildman–Crippen MR) is 69.7 cm³/mol. The molecular formula is C13H16ClFN2O. The molecule has 18 heavy (non-hydrogen) atoms. The number of rotatable bonds is 3. The van der Waals surface area contributed by atoms with E-state index < -0.39 is 5.82 Å². The van der Waals surface area contributed by atoms with Crippen molar-refractivity contribution in [2.45, 2.75) is 0 Å². The zero-order chi connectivity index (χ0) is 13.1. The van der Waals surface area contributed by atoms with E-state index in [1.807, 2.05) is 11.9 Å². The van der Waals surface area contributed by atoms with Gasteiger partial charge in [-0.1, -0.05) is 17.7 Å². The molecule has 98 valence electrons. The molecule has 5 heteroatoms. The maximum absolute atomic E-state index is 13.6. The molecule has 1 aromatic rings. The Morgan fingerprint density at radius 1 is 1.33 bits per heavy atom. The molecule has 0 spiro atoms. The van der Waals surface area contributed by atoms with Crippen molar-refractivity contribution in [2.75, 3.05) is 39.8 Å². The third-order valence-electron chi connectivity index (χ3n) is 3.20. The second-order valence-corrected chi connectivity index (χ2v) is 5.01. The summed E-state index contributed by atoms with van der Waals surface area (Å²) in [6, 6.07) is 4.31. The molecule has 0 N–H and O–H groups in total. The van der Waals surface area contributed by atoms with Crippen LogP contribution in [0.2, 0.25) is 5.02 Å². The first-order valence-electron chi connectivity index (χ1n) is 5.96. The molecule has 1 aliphatic rings. The van der Waals surface area contributed by atoms with Gasteiger partial charge in [0.1, 0.15) is 5.82 Å². The molecule has 0 bridgehead atoms. The molecule has 3 nitrogen and oxygen atoms in total. The van der Waals surface area contributed by atoms with Crippen molar-refractivity contribution < 1.29 is 9.18 Å². The summed E-state index contributed by atoms with van der Waals surface area (Å²) in [5, 5.41) is 0.189. The van der Waals surface area contributed by atoms with E-state index >= 15 is 0 Å². The van der Waals surface area contributed by atoms with Gasteiger partial charge in [0.15, 0.2) is 5.78 Å². The summed E-state index contributed by atoms with van der Waals surface area (Å²) in [5.41, 5.74) is 0.0121. The number of benzene rings is 1. The zero-order valence-electron chi connectivity index (χ0n) is 10.3. The molecule has 1 aliphatic heterocycles. The first kappa shape index (κ1) is 13.5. The minimum atomic E-state index is -0.540. The molecule has 2 rings (SSSR count). The summed E-state index contributed by atoms with van der Waals surface area (Å²) < 4.78 is 13.6. The Morgan fingerprint density at radius 2 is 2.00 bits per heavy atom. The number of nitrogens with zero attached hydrogens (tertiary/aromatic N) is 2. The number of halogens is 2. The molecule has 1 fully saturated rings. The second kappa shape index (κ2) is 5.78. The van der Waals surface area contributed by atoms with Crippen molar-refractivity contribution in [3.05, 3.63) is 34.6 Å². The van der Waals surface area contributed by atoms with E-state index in [2.05, 4.69) is 4.90 Å². The molecule has 1 aromatic carbocycles. The predicted octanol–water partition coefficient (Wildman–Crippen LogP) is 1.91. The van der Waals surface area contributed by atoms with Gasteiger partial charge in [-0.15, -0.1) is 0 Å². The average molecular weight is 271 g/mol. The highest BCUT2D eigenvalue weighted by Gasteiger charge is 2.21. The number of piperazine rings is 1. The van der Waals surface area contributed by atoms with Gasteiger partial charge in [-0.3, -0.25) is 9.69 Å². The van der Waals surface area contributed by atoms with Crippen LogP contribution in [-0.4, -0.2) is 55.4 Å². The SMILES string of the molecule is CN1CCN(CC(=O)c2c(F)cccc2Cl)CC1. The normalized spacial score (nSPS) is 17.9.